The van der Waals surface area contributed by atoms with Crippen molar-refractivity contribution in [3.8, 4) is 0 Å². The van der Waals surface area contributed by atoms with Crippen molar-refractivity contribution >= 4 is 17.7 Å². The first kappa shape index (κ1) is 16.4. The van der Waals surface area contributed by atoms with Crippen molar-refractivity contribution < 1.29 is 28.6 Å². The van der Waals surface area contributed by atoms with Gasteiger partial charge in [0.1, 0.15) is 11.5 Å². The Morgan fingerprint density at radius 3 is 2.57 bits per heavy atom. The van der Waals surface area contributed by atoms with Gasteiger partial charge in [0.05, 0.1) is 12.7 Å². The molecule has 2 heterocycles. The molecule has 0 aromatic heterocycles. The summed E-state index contributed by atoms with van der Waals surface area (Å²) >= 11 is 0. The van der Waals surface area contributed by atoms with Crippen LogP contribution in [0.25, 0.3) is 0 Å². The minimum absolute atomic E-state index is 0.158. The maximum atomic E-state index is 12.9. The summed E-state index contributed by atoms with van der Waals surface area (Å²) in [5, 5.41) is 0. The van der Waals surface area contributed by atoms with Gasteiger partial charge in [-0.25, -0.2) is 4.79 Å². The van der Waals surface area contributed by atoms with Crippen LogP contribution in [0.4, 0.5) is 0 Å². The number of esters is 2. The number of carbonyl (C=O) groups excluding carboxylic acids is 3. The van der Waals surface area contributed by atoms with Crippen LogP contribution in [-0.4, -0.2) is 41.6 Å². The minimum atomic E-state index is -1.83. The van der Waals surface area contributed by atoms with E-state index >= 15 is 0 Å². The molecular weight excluding hydrogens is 300 g/mol. The summed E-state index contributed by atoms with van der Waals surface area (Å²) in [6, 6.07) is 0. The van der Waals surface area contributed by atoms with E-state index in [-0.39, 0.29) is 18.1 Å². The van der Waals surface area contributed by atoms with Crippen molar-refractivity contribution in [3.05, 3.63) is 0 Å². The van der Waals surface area contributed by atoms with Crippen molar-refractivity contribution in [3.63, 3.8) is 0 Å². The van der Waals surface area contributed by atoms with Gasteiger partial charge in [-0.05, 0) is 40.0 Å². The molecule has 128 valence electrons. The SMILES string of the molecule is COC(=O)C1C2CCCC23CCC(=O)C1(C(=O)OC(C)(C)C)O3. The van der Waals surface area contributed by atoms with Crippen LogP contribution in [0.1, 0.15) is 52.9 Å². The average Bonchev–Trinajstić information content (AvgIpc) is 2.93. The first-order chi connectivity index (χ1) is 10.7. The van der Waals surface area contributed by atoms with E-state index in [9.17, 15) is 14.4 Å². The van der Waals surface area contributed by atoms with Crippen LogP contribution in [0, 0.1) is 11.8 Å². The molecule has 6 heteroatoms. The van der Waals surface area contributed by atoms with Gasteiger partial charge in [-0.1, -0.05) is 6.42 Å². The molecule has 1 spiro atoms. The molecule has 23 heavy (non-hydrogen) atoms. The van der Waals surface area contributed by atoms with Crippen LogP contribution in [0.3, 0.4) is 0 Å². The zero-order valence-electron chi connectivity index (χ0n) is 14.1. The van der Waals surface area contributed by atoms with Gasteiger partial charge in [-0.3, -0.25) is 9.59 Å². The van der Waals surface area contributed by atoms with Crippen LogP contribution in [-0.2, 0) is 28.6 Å². The van der Waals surface area contributed by atoms with E-state index < -0.39 is 34.7 Å². The molecule has 4 atom stereocenters. The molecule has 6 nitrogen and oxygen atoms in total. The van der Waals surface area contributed by atoms with Crippen molar-refractivity contribution in [2.75, 3.05) is 7.11 Å². The molecule has 0 N–H and O–H groups in total. The fourth-order valence-electron chi connectivity index (χ4n) is 4.53. The number of ketones is 1. The third-order valence-corrected chi connectivity index (χ3v) is 5.34. The molecule has 2 bridgehead atoms. The third-order valence-electron chi connectivity index (χ3n) is 5.34. The van der Waals surface area contributed by atoms with E-state index in [1.54, 1.807) is 20.8 Å². The lowest BCUT2D eigenvalue weighted by molar-refractivity contribution is -0.206. The maximum Gasteiger partial charge on any atom is 0.347 e. The van der Waals surface area contributed by atoms with Gasteiger partial charge in [0.15, 0.2) is 5.78 Å². The second kappa shape index (κ2) is 5.03. The van der Waals surface area contributed by atoms with Gasteiger partial charge in [0.2, 0.25) is 5.60 Å². The van der Waals surface area contributed by atoms with Crippen LogP contribution in [0.15, 0.2) is 0 Å². The molecule has 0 aromatic rings. The largest absolute Gasteiger partial charge is 0.469 e. The molecule has 0 aromatic carbocycles. The van der Waals surface area contributed by atoms with Gasteiger partial charge in [0, 0.05) is 12.3 Å². The van der Waals surface area contributed by atoms with Crippen molar-refractivity contribution in [1.82, 2.24) is 0 Å². The Morgan fingerprint density at radius 2 is 1.96 bits per heavy atom. The summed E-state index contributed by atoms with van der Waals surface area (Å²) in [5.41, 5.74) is -3.16. The quantitative estimate of drug-likeness (QED) is 0.569. The van der Waals surface area contributed by atoms with Gasteiger partial charge < -0.3 is 14.2 Å². The second-order valence-electron chi connectivity index (χ2n) is 7.83. The smallest absolute Gasteiger partial charge is 0.347 e. The number of fused-ring (bicyclic) bond motifs is 1. The summed E-state index contributed by atoms with van der Waals surface area (Å²) in [4.78, 5) is 38.1. The molecule has 1 saturated carbocycles. The number of methoxy groups -OCH3 is 1. The predicted molar refractivity (Wildman–Crippen MR) is 79.5 cm³/mol. The van der Waals surface area contributed by atoms with E-state index in [1.807, 2.05) is 0 Å². The van der Waals surface area contributed by atoms with E-state index in [0.29, 0.717) is 6.42 Å². The number of rotatable bonds is 2. The first-order valence-corrected chi connectivity index (χ1v) is 8.21. The van der Waals surface area contributed by atoms with Crippen LogP contribution in [0.2, 0.25) is 0 Å². The molecule has 3 aliphatic rings. The lowest BCUT2D eigenvalue weighted by Crippen LogP contribution is -2.58. The zero-order valence-corrected chi connectivity index (χ0v) is 14.1. The van der Waals surface area contributed by atoms with Crippen LogP contribution < -0.4 is 0 Å². The lowest BCUT2D eigenvalue weighted by atomic mass is 9.77. The Balaban J connectivity index is 2.08. The Labute approximate surface area is 135 Å². The Hall–Kier alpha value is -1.43. The number of ether oxygens (including phenoxy) is 3. The fourth-order valence-corrected chi connectivity index (χ4v) is 4.53. The van der Waals surface area contributed by atoms with Gasteiger partial charge in [0.25, 0.3) is 0 Å². The standard InChI is InChI=1S/C17H24O6/c1-15(2,3)22-14(20)17-11(18)7-9-16(23-17)8-5-6-10(16)12(17)13(19)21-4/h10,12H,5-9H2,1-4H3. The molecule has 0 radical (unpaired) electrons. The molecule has 0 amide bonds. The van der Waals surface area contributed by atoms with Gasteiger partial charge >= 0.3 is 11.9 Å². The molecule has 4 unspecified atom stereocenters. The molecule has 3 fully saturated rings. The zero-order chi connectivity index (χ0) is 17.0. The Morgan fingerprint density at radius 1 is 1.26 bits per heavy atom. The number of hydrogen-bond acceptors (Lipinski definition) is 6. The highest BCUT2D eigenvalue weighted by molar-refractivity contribution is 6.12. The fraction of sp³-hybridized carbons (Fsp3) is 0.824. The minimum Gasteiger partial charge on any atom is -0.469 e. The molecule has 1 aliphatic carbocycles. The second-order valence-corrected chi connectivity index (χ2v) is 7.83. The number of Topliss-reactive ketones (excluding diaryl/α,β-unsaturated/α-hetero) is 1. The summed E-state index contributed by atoms with van der Waals surface area (Å²) in [6.07, 6.45) is 3.26. The van der Waals surface area contributed by atoms with Gasteiger partial charge in [-0.15, -0.1) is 0 Å². The Bertz CT molecular complexity index is 562. The molecule has 2 aliphatic heterocycles. The van der Waals surface area contributed by atoms with Crippen molar-refractivity contribution in [1.29, 1.82) is 0 Å². The summed E-state index contributed by atoms with van der Waals surface area (Å²) in [5.74, 6) is -2.73. The Kier molecular flexibility index (Phi) is 3.59. The lowest BCUT2D eigenvalue weighted by Gasteiger charge is -2.38. The molecule has 3 rings (SSSR count). The normalized spacial score (nSPS) is 39.0. The highest BCUT2D eigenvalue weighted by Gasteiger charge is 2.75. The van der Waals surface area contributed by atoms with E-state index in [0.717, 1.165) is 19.3 Å². The van der Waals surface area contributed by atoms with Crippen molar-refractivity contribution in [2.45, 2.75) is 69.7 Å². The number of carbonyl (C=O) groups is 3. The van der Waals surface area contributed by atoms with Crippen LogP contribution in [0.5, 0.6) is 0 Å². The van der Waals surface area contributed by atoms with E-state index in [4.69, 9.17) is 14.2 Å². The average molecular weight is 324 g/mol. The van der Waals surface area contributed by atoms with E-state index in [2.05, 4.69) is 0 Å². The first-order valence-electron chi connectivity index (χ1n) is 8.21. The van der Waals surface area contributed by atoms with Crippen LogP contribution >= 0.6 is 0 Å². The highest BCUT2D eigenvalue weighted by Crippen LogP contribution is 2.61. The molecular formula is C17H24O6. The highest BCUT2D eigenvalue weighted by atomic mass is 16.6. The van der Waals surface area contributed by atoms with Crippen molar-refractivity contribution in [2.24, 2.45) is 11.8 Å². The summed E-state index contributed by atoms with van der Waals surface area (Å²) in [7, 11) is 1.28. The summed E-state index contributed by atoms with van der Waals surface area (Å²) in [6.45, 7) is 5.19. The number of hydrogen-bond donors (Lipinski definition) is 0. The third kappa shape index (κ3) is 2.22. The maximum absolute atomic E-state index is 12.9. The summed E-state index contributed by atoms with van der Waals surface area (Å²) < 4.78 is 16.5. The molecule has 2 saturated heterocycles. The predicted octanol–water partition coefficient (Wildman–Crippen LogP) is 1.79. The monoisotopic (exact) mass is 324 g/mol. The van der Waals surface area contributed by atoms with E-state index in [1.165, 1.54) is 7.11 Å². The van der Waals surface area contributed by atoms with Gasteiger partial charge in [-0.2, -0.15) is 0 Å². The topological polar surface area (TPSA) is 78.9 Å².